The van der Waals surface area contributed by atoms with Gasteiger partial charge in [-0.1, -0.05) is 12.8 Å². The van der Waals surface area contributed by atoms with Gasteiger partial charge >= 0.3 is 6.61 Å². The highest BCUT2D eigenvalue weighted by Crippen LogP contribution is 2.32. The number of benzene rings is 2. The zero-order chi connectivity index (χ0) is 24.0. The lowest BCUT2D eigenvalue weighted by molar-refractivity contribution is -0.0512. The molecule has 1 heterocycles. The molecular weight excluding hydrogens is 458 g/mol. The number of nitrogens with one attached hydrogen (secondary N) is 1. The quantitative estimate of drug-likeness (QED) is 0.606. The molecule has 180 valence electrons. The molecule has 0 aromatic heterocycles. The average Bonchev–Trinajstić information content (AvgIpc) is 3.09. The third kappa shape index (κ3) is 5.91. The van der Waals surface area contributed by atoms with Crippen LogP contribution < -0.4 is 19.5 Å². The summed E-state index contributed by atoms with van der Waals surface area (Å²) < 4.78 is 67.5. The van der Waals surface area contributed by atoms with Crippen LogP contribution in [0.25, 0.3) is 0 Å². The summed E-state index contributed by atoms with van der Waals surface area (Å²) in [6.45, 7) is -2.15. The molecule has 1 aliphatic heterocycles. The third-order valence-electron chi connectivity index (χ3n) is 5.26. The number of rotatable bonds is 8. The van der Waals surface area contributed by atoms with Crippen LogP contribution in [0.15, 0.2) is 41.3 Å². The van der Waals surface area contributed by atoms with Crippen LogP contribution in [0.4, 0.5) is 14.5 Å². The van der Waals surface area contributed by atoms with E-state index in [9.17, 15) is 22.0 Å². The zero-order valence-corrected chi connectivity index (χ0v) is 19.2. The molecule has 33 heavy (non-hydrogen) atoms. The Bertz CT molecular complexity index is 1090. The topological polar surface area (TPSA) is 94.2 Å². The van der Waals surface area contributed by atoms with E-state index < -0.39 is 22.5 Å². The number of carbonyl (C=O) groups is 1. The highest BCUT2D eigenvalue weighted by molar-refractivity contribution is 7.89. The second kappa shape index (κ2) is 10.8. The zero-order valence-electron chi connectivity index (χ0n) is 18.3. The van der Waals surface area contributed by atoms with E-state index in [1.54, 1.807) is 0 Å². The number of hydrogen-bond acceptors (Lipinski definition) is 6. The Hall–Kier alpha value is -2.92. The average molecular weight is 485 g/mol. The molecule has 0 aliphatic carbocycles. The minimum atomic E-state index is -3.74. The van der Waals surface area contributed by atoms with E-state index in [1.165, 1.54) is 54.9 Å². The number of anilines is 1. The van der Waals surface area contributed by atoms with Crippen LogP contribution in [-0.2, 0) is 10.0 Å². The Morgan fingerprint density at radius 3 is 2.18 bits per heavy atom. The second-order valence-electron chi connectivity index (χ2n) is 7.38. The van der Waals surface area contributed by atoms with Crippen molar-refractivity contribution in [1.29, 1.82) is 0 Å². The number of alkyl halides is 2. The van der Waals surface area contributed by atoms with Gasteiger partial charge < -0.3 is 19.5 Å². The summed E-state index contributed by atoms with van der Waals surface area (Å²) in [5.41, 5.74) is 0.251. The predicted octanol–water partition coefficient (Wildman–Crippen LogP) is 4.12. The molecule has 0 bridgehead atoms. The molecule has 1 amide bonds. The maximum atomic E-state index is 13.1. The number of halogens is 2. The SMILES string of the molecule is COc1ccc(S(=O)(=O)N2CCCCCC2)cc1NC(=O)c1ccc(OC(F)F)c(OC)c1. The number of amides is 1. The maximum absolute atomic E-state index is 13.1. The van der Waals surface area contributed by atoms with Crippen molar-refractivity contribution >= 4 is 21.6 Å². The number of methoxy groups -OCH3 is 2. The largest absolute Gasteiger partial charge is 0.495 e. The van der Waals surface area contributed by atoms with Crippen molar-refractivity contribution in [2.45, 2.75) is 37.2 Å². The fraction of sp³-hybridized carbons (Fsp3) is 0.409. The molecule has 1 aliphatic rings. The van der Waals surface area contributed by atoms with Gasteiger partial charge in [0, 0.05) is 18.7 Å². The molecule has 2 aromatic rings. The number of hydrogen-bond donors (Lipinski definition) is 1. The highest BCUT2D eigenvalue weighted by Gasteiger charge is 2.26. The van der Waals surface area contributed by atoms with Gasteiger partial charge in [0.15, 0.2) is 11.5 Å². The fourth-order valence-corrected chi connectivity index (χ4v) is 5.12. The van der Waals surface area contributed by atoms with Crippen molar-refractivity contribution < 1.29 is 36.2 Å². The summed E-state index contributed by atoms with van der Waals surface area (Å²) in [5, 5.41) is 2.63. The van der Waals surface area contributed by atoms with Gasteiger partial charge in [-0.15, -0.1) is 0 Å². The molecule has 8 nitrogen and oxygen atoms in total. The first-order valence-electron chi connectivity index (χ1n) is 10.4. The van der Waals surface area contributed by atoms with E-state index in [0.717, 1.165) is 25.7 Å². The van der Waals surface area contributed by atoms with Crippen LogP contribution in [-0.4, -0.2) is 52.6 Å². The monoisotopic (exact) mass is 484 g/mol. The fourth-order valence-electron chi connectivity index (χ4n) is 3.57. The molecule has 3 rings (SSSR count). The summed E-state index contributed by atoms with van der Waals surface area (Å²) in [4.78, 5) is 12.9. The standard InChI is InChI=1S/C22H26F2N2O6S/c1-30-18-10-8-16(33(28,29)26-11-5-3-4-6-12-26)14-17(18)25-21(27)15-7-9-19(32-22(23)24)20(13-15)31-2/h7-10,13-14,22H,3-6,11-12H2,1-2H3,(H,25,27). The predicted molar refractivity (Wildman–Crippen MR) is 118 cm³/mol. The minimum Gasteiger partial charge on any atom is -0.495 e. The van der Waals surface area contributed by atoms with Crippen LogP contribution in [0.2, 0.25) is 0 Å². The molecule has 0 saturated carbocycles. The first-order valence-corrected chi connectivity index (χ1v) is 11.8. The van der Waals surface area contributed by atoms with E-state index in [2.05, 4.69) is 10.1 Å². The minimum absolute atomic E-state index is 0.0405. The van der Waals surface area contributed by atoms with Crippen molar-refractivity contribution in [1.82, 2.24) is 4.31 Å². The molecular formula is C22H26F2N2O6S. The molecule has 0 unspecified atom stereocenters. The summed E-state index contributed by atoms with van der Waals surface area (Å²) >= 11 is 0. The lowest BCUT2D eigenvalue weighted by Gasteiger charge is -2.21. The molecule has 0 atom stereocenters. The molecule has 0 spiro atoms. The van der Waals surface area contributed by atoms with Gasteiger partial charge in [-0.05, 0) is 49.2 Å². The van der Waals surface area contributed by atoms with E-state index in [4.69, 9.17) is 9.47 Å². The van der Waals surface area contributed by atoms with Gasteiger partial charge in [-0.3, -0.25) is 4.79 Å². The Morgan fingerprint density at radius 1 is 0.939 bits per heavy atom. The van der Waals surface area contributed by atoms with Crippen molar-refractivity contribution in [3.05, 3.63) is 42.0 Å². The van der Waals surface area contributed by atoms with E-state index >= 15 is 0 Å². The van der Waals surface area contributed by atoms with Crippen molar-refractivity contribution in [2.24, 2.45) is 0 Å². The normalized spacial score (nSPS) is 15.1. The summed E-state index contributed by atoms with van der Waals surface area (Å²) in [5.74, 6) is -0.609. The smallest absolute Gasteiger partial charge is 0.387 e. The molecule has 0 radical (unpaired) electrons. The van der Waals surface area contributed by atoms with E-state index in [1.807, 2.05) is 0 Å². The van der Waals surface area contributed by atoms with Crippen molar-refractivity contribution in [3.63, 3.8) is 0 Å². The summed E-state index contributed by atoms with van der Waals surface area (Å²) in [6, 6.07) is 7.99. The molecule has 2 aromatic carbocycles. The van der Waals surface area contributed by atoms with Gasteiger partial charge in [-0.25, -0.2) is 8.42 Å². The van der Waals surface area contributed by atoms with Crippen LogP contribution in [0.3, 0.4) is 0 Å². The Morgan fingerprint density at radius 2 is 1.58 bits per heavy atom. The van der Waals surface area contributed by atoms with Gasteiger partial charge in [0.05, 0.1) is 24.8 Å². The Kier molecular flexibility index (Phi) is 8.09. The Balaban J connectivity index is 1.88. The second-order valence-corrected chi connectivity index (χ2v) is 9.32. The highest BCUT2D eigenvalue weighted by atomic mass is 32.2. The van der Waals surface area contributed by atoms with Gasteiger partial charge in [0.25, 0.3) is 5.91 Å². The van der Waals surface area contributed by atoms with Crippen LogP contribution in [0.5, 0.6) is 17.2 Å². The van der Waals surface area contributed by atoms with E-state index in [-0.39, 0.29) is 33.4 Å². The third-order valence-corrected chi connectivity index (χ3v) is 7.16. The van der Waals surface area contributed by atoms with Crippen LogP contribution in [0.1, 0.15) is 36.0 Å². The Labute approximate surface area is 191 Å². The lowest BCUT2D eigenvalue weighted by Crippen LogP contribution is -2.32. The molecule has 1 saturated heterocycles. The molecule has 1 fully saturated rings. The van der Waals surface area contributed by atoms with E-state index in [0.29, 0.717) is 13.1 Å². The number of nitrogens with zero attached hydrogens (tertiary/aromatic N) is 1. The van der Waals surface area contributed by atoms with Crippen molar-refractivity contribution in [3.8, 4) is 17.2 Å². The number of carbonyl (C=O) groups excluding carboxylic acids is 1. The van der Waals surface area contributed by atoms with Crippen molar-refractivity contribution in [2.75, 3.05) is 32.6 Å². The first-order chi connectivity index (χ1) is 15.8. The van der Waals surface area contributed by atoms with Gasteiger partial charge in [0.1, 0.15) is 5.75 Å². The summed E-state index contributed by atoms with van der Waals surface area (Å²) in [6.07, 6.45) is 3.57. The molecule has 1 N–H and O–H groups in total. The molecule has 11 heteroatoms. The van der Waals surface area contributed by atoms with Crippen LogP contribution in [0, 0.1) is 0 Å². The van der Waals surface area contributed by atoms with Crippen LogP contribution >= 0.6 is 0 Å². The summed E-state index contributed by atoms with van der Waals surface area (Å²) in [7, 11) is -1.09. The lowest BCUT2D eigenvalue weighted by atomic mass is 10.1. The van der Waals surface area contributed by atoms with Gasteiger partial charge in [0.2, 0.25) is 10.0 Å². The number of ether oxygens (including phenoxy) is 3. The first kappa shape index (κ1) is 24.7. The number of sulfonamides is 1. The maximum Gasteiger partial charge on any atom is 0.387 e. The van der Waals surface area contributed by atoms with Gasteiger partial charge in [-0.2, -0.15) is 13.1 Å².